The van der Waals surface area contributed by atoms with Crippen LogP contribution >= 0.6 is 0 Å². The van der Waals surface area contributed by atoms with Gasteiger partial charge >= 0.3 is 0 Å². The summed E-state index contributed by atoms with van der Waals surface area (Å²) in [6.45, 7) is 0.664. The molecule has 7 rings (SSSR count). The maximum atomic E-state index is 14.2. The van der Waals surface area contributed by atoms with Crippen LogP contribution in [0.15, 0.2) is 24.7 Å². The lowest BCUT2D eigenvalue weighted by Gasteiger charge is -2.39. The van der Waals surface area contributed by atoms with Gasteiger partial charge in [-0.3, -0.25) is 4.79 Å². The lowest BCUT2D eigenvalue weighted by Crippen LogP contribution is -2.47. The first-order valence-electron chi connectivity index (χ1n) is 11.5. The summed E-state index contributed by atoms with van der Waals surface area (Å²) < 4.78 is 28.2. The van der Waals surface area contributed by atoms with Crippen LogP contribution in [0.2, 0.25) is 0 Å². The molecule has 2 bridgehead atoms. The van der Waals surface area contributed by atoms with E-state index in [0.717, 1.165) is 32.1 Å². The molecule has 3 aromatic heterocycles. The number of carbonyl (C=O) groups excluding carboxylic acids is 1. The molecular weight excluding hydrogens is 427 g/mol. The predicted molar refractivity (Wildman–Crippen MR) is 115 cm³/mol. The third-order valence-corrected chi connectivity index (χ3v) is 7.19. The van der Waals surface area contributed by atoms with Crippen LogP contribution < -0.4 is 19.7 Å². The van der Waals surface area contributed by atoms with Gasteiger partial charge in [-0.25, -0.2) is 18.9 Å². The first kappa shape index (κ1) is 19.1. The van der Waals surface area contributed by atoms with Crippen LogP contribution in [-0.2, 0) is 6.54 Å². The highest BCUT2D eigenvalue weighted by molar-refractivity contribution is 6.00. The third kappa shape index (κ3) is 3.11. The van der Waals surface area contributed by atoms with E-state index in [1.54, 1.807) is 16.9 Å². The molecule has 10 heteroatoms. The normalized spacial score (nSPS) is 26.4. The average molecular weight is 450 g/mol. The van der Waals surface area contributed by atoms with Gasteiger partial charge in [0.15, 0.2) is 17.2 Å². The highest BCUT2D eigenvalue weighted by Crippen LogP contribution is 2.42. The summed E-state index contributed by atoms with van der Waals surface area (Å²) >= 11 is 0. The summed E-state index contributed by atoms with van der Waals surface area (Å²) in [6.07, 6.45) is 9.53. The molecule has 3 atom stereocenters. The van der Waals surface area contributed by atoms with E-state index in [4.69, 9.17) is 14.5 Å². The number of fused-ring (bicyclic) bond motifs is 3. The smallest absolute Gasteiger partial charge is 0.257 e. The van der Waals surface area contributed by atoms with Gasteiger partial charge < -0.3 is 19.7 Å². The fourth-order valence-electron chi connectivity index (χ4n) is 5.35. The number of hydrogen-bond acceptors (Lipinski definition) is 7. The SMILES string of the molecule is O=C1NC(C2CC2)COc2ncc(F)cc2CN2c3nc4c1cnn4cc3O[C@H]1CCC[C@H]12. The summed E-state index contributed by atoms with van der Waals surface area (Å²) in [5.74, 6) is 1.35. The van der Waals surface area contributed by atoms with Crippen LogP contribution in [-0.4, -0.2) is 50.3 Å². The standard InChI is InChI=1S/C23H23FN6O3/c24-14-6-13-9-29-17-2-1-3-18(17)33-19-10-30-20(28-21(19)29)15(8-26-30)22(31)27-16(12-4-5-12)11-32-23(13)25-7-14/h6-8,10,12,16-18H,1-5,9,11H2,(H,27,31)/t16?,17-,18+/m1/s1. The average Bonchev–Trinajstić information content (AvgIpc) is 3.40. The summed E-state index contributed by atoms with van der Waals surface area (Å²) in [4.78, 5) is 24.5. The second-order valence-electron chi connectivity index (χ2n) is 9.38. The molecule has 3 aromatic rings. The molecule has 1 unspecified atom stereocenters. The van der Waals surface area contributed by atoms with Gasteiger partial charge in [0.2, 0.25) is 5.88 Å². The molecule has 0 radical (unpaired) electrons. The zero-order chi connectivity index (χ0) is 22.1. The topological polar surface area (TPSA) is 93.9 Å². The Morgan fingerprint density at radius 3 is 2.97 bits per heavy atom. The lowest BCUT2D eigenvalue weighted by atomic mass is 10.1. The van der Waals surface area contributed by atoms with E-state index in [1.165, 1.54) is 12.3 Å². The first-order chi connectivity index (χ1) is 16.1. The van der Waals surface area contributed by atoms with Crippen molar-refractivity contribution in [3.8, 4) is 11.6 Å². The highest BCUT2D eigenvalue weighted by atomic mass is 19.1. The van der Waals surface area contributed by atoms with Gasteiger partial charge in [-0.2, -0.15) is 5.10 Å². The summed E-state index contributed by atoms with van der Waals surface area (Å²) in [7, 11) is 0. The molecule has 33 heavy (non-hydrogen) atoms. The van der Waals surface area contributed by atoms with Gasteiger partial charge in [-0.1, -0.05) is 0 Å². The largest absolute Gasteiger partial charge is 0.483 e. The number of ether oxygens (including phenoxy) is 2. The van der Waals surface area contributed by atoms with E-state index >= 15 is 0 Å². The number of rotatable bonds is 1. The second-order valence-corrected chi connectivity index (χ2v) is 9.38. The van der Waals surface area contributed by atoms with Crippen LogP contribution in [0.5, 0.6) is 11.6 Å². The molecule has 0 aromatic carbocycles. The van der Waals surface area contributed by atoms with Gasteiger partial charge in [-0.05, 0) is 44.1 Å². The minimum Gasteiger partial charge on any atom is -0.483 e. The minimum atomic E-state index is -0.411. The summed E-state index contributed by atoms with van der Waals surface area (Å²) in [5.41, 5.74) is 1.55. The van der Waals surface area contributed by atoms with Crippen molar-refractivity contribution in [2.75, 3.05) is 11.5 Å². The molecule has 170 valence electrons. The lowest BCUT2D eigenvalue weighted by molar-refractivity contribution is 0.0914. The van der Waals surface area contributed by atoms with Crippen LogP contribution in [0.25, 0.3) is 5.65 Å². The first-order valence-corrected chi connectivity index (χ1v) is 11.5. The van der Waals surface area contributed by atoms with Gasteiger partial charge in [0, 0.05) is 5.56 Å². The minimum absolute atomic E-state index is 0.0240. The molecule has 2 aliphatic carbocycles. The fourth-order valence-corrected chi connectivity index (χ4v) is 5.35. The summed E-state index contributed by atoms with van der Waals surface area (Å²) in [5, 5.41) is 7.46. The van der Waals surface area contributed by atoms with Crippen LogP contribution in [0, 0.1) is 11.7 Å². The van der Waals surface area contributed by atoms with E-state index in [1.807, 2.05) is 0 Å². The van der Waals surface area contributed by atoms with Crippen molar-refractivity contribution in [1.82, 2.24) is 24.9 Å². The van der Waals surface area contributed by atoms with Crippen molar-refractivity contribution in [2.24, 2.45) is 5.92 Å². The molecule has 2 saturated carbocycles. The Morgan fingerprint density at radius 2 is 2.09 bits per heavy atom. The number of pyridine rings is 1. The Bertz CT molecular complexity index is 1270. The molecule has 1 N–H and O–H groups in total. The second kappa shape index (κ2) is 7.03. The maximum Gasteiger partial charge on any atom is 0.257 e. The highest BCUT2D eigenvalue weighted by Gasteiger charge is 2.41. The van der Waals surface area contributed by atoms with Crippen molar-refractivity contribution in [2.45, 2.75) is 56.8 Å². The van der Waals surface area contributed by atoms with Crippen molar-refractivity contribution in [1.29, 1.82) is 0 Å². The summed E-state index contributed by atoms with van der Waals surface area (Å²) in [6, 6.07) is 1.42. The van der Waals surface area contributed by atoms with Crippen LogP contribution in [0.4, 0.5) is 10.2 Å². The quantitative estimate of drug-likeness (QED) is 0.609. The number of nitrogens with one attached hydrogen (secondary N) is 1. The Kier molecular flexibility index (Phi) is 4.07. The third-order valence-electron chi connectivity index (χ3n) is 7.19. The van der Waals surface area contributed by atoms with Crippen LogP contribution in [0.1, 0.15) is 48.0 Å². The van der Waals surface area contributed by atoms with E-state index in [2.05, 4.69) is 20.3 Å². The van der Waals surface area contributed by atoms with Crippen molar-refractivity contribution in [3.63, 3.8) is 0 Å². The molecular formula is C23H23FN6O3. The van der Waals surface area contributed by atoms with E-state index in [0.29, 0.717) is 46.7 Å². The zero-order valence-electron chi connectivity index (χ0n) is 17.9. The predicted octanol–water partition coefficient (Wildman–Crippen LogP) is 2.48. The van der Waals surface area contributed by atoms with Crippen molar-refractivity contribution < 1.29 is 18.7 Å². The number of amides is 1. The number of anilines is 1. The molecule has 9 nitrogen and oxygen atoms in total. The van der Waals surface area contributed by atoms with E-state index in [-0.39, 0.29) is 30.7 Å². The van der Waals surface area contributed by atoms with Gasteiger partial charge in [-0.15, -0.1) is 0 Å². The number of hydrogen-bond donors (Lipinski definition) is 1. The molecule has 5 heterocycles. The molecule has 2 fully saturated rings. The fraction of sp³-hybridized carbons (Fsp3) is 0.478. The number of aromatic nitrogens is 4. The van der Waals surface area contributed by atoms with E-state index < -0.39 is 5.82 Å². The van der Waals surface area contributed by atoms with Gasteiger partial charge in [0.25, 0.3) is 5.91 Å². The number of carbonyl (C=O) groups is 1. The molecule has 0 spiro atoms. The Morgan fingerprint density at radius 1 is 1.18 bits per heavy atom. The molecule has 1 amide bonds. The van der Waals surface area contributed by atoms with Crippen molar-refractivity contribution in [3.05, 3.63) is 41.6 Å². The molecule has 2 aliphatic heterocycles. The molecule has 0 saturated heterocycles. The Balaban J connectivity index is 1.41. The number of halogens is 1. The van der Waals surface area contributed by atoms with Gasteiger partial charge in [0.1, 0.15) is 24.1 Å². The zero-order valence-corrected chi connectivity index (χ0v) is 17.9. The van der Waals surface area contributed by atoms with Gasteiger partial charge in [0.05, 0.1) is 37.2 Å². The molecule has 4 aliphatic rings. The Hall–Kier alpha value is -3.43. The van der Waals surface area contributed by atoms with E-state index in [9.17, 15) is 9.18 Å². The Labute approximate surface area is 188 Å². The maximum absolute atomic E-state index is 14.2. The van der Waals surface area contributed by atoms with Crippen molar-refractivity contribution >= 4 is 17.4 Å². The monoisotopic (exact) mass is 450 g/mol. The number of nitrogens with zero attached hydrogens (tertiary/aromatic N) is 5. The van der Waals surface area contributed by atoms with Crippen LogP contribution in [0.3, 0.4) is 0 Å².